The number of amides is 2. The van der Waals surface area contributed by atoms with Crippen LogP contribution in [-0.2, 0) is 17.8 Å². The van der Waals surface area contributed by atoms with E-state index >= 15 is 0 Å². The molecule has 2 N–H and O–H groups in total. The monoisotopic (exact) mass is 343 g/mol. The number of nitrogens with zero attached hydrogens (tertiary/aromatic N) is 1. The fourth-order valence-electron chi connectivity index (χ4n) is 2.82. The van der Waals surface area contributed by atoms with E-state index in [1.165, 1.54) is 22.5 Å². The SMILES string of the molecule is O=C(CNC(=O)c1ccsc1)NCCN1CCc2ccccc2C1. The molecule has 6 heteroatoms. The molecule has 0 saturated carbocycles. The molecule has 2 amide bonds. The van der Waals surface area contributed by atoms with Crippen LogP contribution in [-0.4, -0.2) is 42.9 Å². The summed E-state index contributed by atoms with van der Waals surface area (Å²) in [7, 11) is 0. The third-order valence-corrected chi connectivity index (χ3v) is 4.84. The third-order valence-electron chi connectivity index (χ3n) is 4.15. The molecule has 0 fully saturated rings. The number of fused-ring (bicyclic) bond motifs is 1. The molecule has 24 heavy (non-hydrogen) atoms. The summed E-state index contributed by atoms with van der Waals surface area (Å²) in [5, 5.41) is 9.09. The second-order valence-electron chi connectivity index (χ2n) is 5.84. The van der Waals surface area contributed by atoms with Crippen molar-refractivity contribution in [3.63, 3.8) is 0 Å². The van der Waals surface area contributed by atoms with Crippen molar-refractivity contribution in [3.05, 3.63) is 57.8 Å². The molecular formula is C18H21N3O2S. The van der Waals surface area contributed by atoms with Gasteiger partial charge in [-0.15, -0.1) is 0 Å². The number of rotatable bonds is 6. The van der Waals surface area contributed by atoms with Crippen molar-refractivity contribution in [3.8, 4) is 0 Å². The van der Waals surface area contributed by atoms with Gasteiger partial charge in [0.05, 0.1) is 6.54 Å². The van der Waals surface area contributed by atoms with Gasteiger partial charge in [-0.25, -0.2) is 0 Å². The molecule has 5 nitrogen and oxygen atoms in total. The Morgan fingerprint density at radius 1 is 1.12 bits per heavy atom. The smallest absolute Gasteiger partial charge is 0.252 e. The Kier molecular flexibility index (Phi) is 5.61. The lowest BCUT2D eigenvalue weighted by Gasteiger charge is -2.28. The fraction of sp³-hybridized carbons (Fsp3) is 0.333. The number of benzene rings is 1. The summed E-state index contributed by atoms with van der Waals surface area (Å²) in [5.74, 6) is -0.366. The molecular weight excluding hydrogens is 322 g/mol. The first-order chi connectivity index (χ1) is 11.7. The van der Waals surface area contributed by atoms with Crippen molar-refractivity contribution >= 4 is 23.2 Å². The normalized spacial score (nSPS) is 14.0. The van der Waals surface area contributed by atoms with Crippen molar-refractivity contribution in [2.45, 2.75) is 13.0 Å². The van der Waals surface area contributed by atoms with Gasteiger partial charge in [0.25, 0.3) is 5.91 Å². The van der Waals surface area contributed by atoms with Crippen LogP contribution in [0.2, 0.25) is 0 Å². The Labute approximate surface area is 145 Å². The van der Waals surface area contributed by atoms with Crippen molar-refractivity contribution < 1.29 is 9.59 Å². The van der Waals surface area contributed by atoms with Crippen LogP contribution in [0.3, 0.4) is 0 Å². The molecule has 1 aromatic heterocycles. The molecule has 1 aliphatic rings. The van der Waals surface area contributed by atoms with Crippen LogP contribution in [0.15, 0.2) is 41.1 Å². The van der Waals surface area contributed by atoms with Gasteiger partial charge in [0, 0.05) is 37.1 Å². The van der Waals surface area contributed by atoms with Gasteiger partial charge >= 0.3 is 0 Å². The van der Waals surface area contributed by atoms with Crippen LogP contribution in [0.5, 0.6) is 0 Å². The van der Waals surface area contributed by atoms with Gasteiger partial charge in [0.15, 0.2) is 0 Å². The Balaban J connectivity index is 1.35. The molecule has 3 rings (SSSR count). The minimum Gasteiger partial charge on any atom is -0.353 e. The maximum atomic E-state index is 11.8. The van der Waals surface area contributed by atoms with E-state index in [1.807, 2.05) is 5.38 Å². The van der Waals surface area contributed by atoms with Gasteiger partial charge in [0.1, 0.15) is 0 Å². The quantitative estimate of drug-likeness (QED) is 0.838. The van der Waals surface area contributed by atoms with E-state index in [4.69, 9.17) is 0 Å². The van der Waals surface area contributed by atoms with Gasteiger partial charge in [-0.1, -0.05) is 24.3 Å². The van der Waals surface area contributed by atoms with E-state index in [0.717, 1.165) is 26.1 Å². The van der Waals surface area contributed by atoms with E-state index in [2.05, 4.69) is 39.8 Å². The van der Waals surface area contributed by atoms with Gasteiger partial charge in [-0.3, -0.25) is 14.5 Å². The maximum Gasteiger partial charge on any atom is 0.252 e. The second kappa shape index (κ2) is 8.08. The van der Waals surface area contributed by atoms with Gasteiger partial charge < -0.3 is 10.6 Å². The van der Waals surface area contributed by atoms with Crippen LogP contribution in [0.4, 0.5) is 0 Å². The van der Waals surface area contributed by atoms with E-state index < -0.39 is 0 Å². The molecule has 1 aromatic carbocycles. The Morgan fingerprint density at radius 3 is 2.75 bits per heavy atom. The van der Waals surface area contributed by atoms with E-state index in [-0.39, 0.29) is 18.4 Å². The highest BCUT2D eigenvalue weighted by Crippen LogP contribution is 2.17. The zero-order valence-electron chi connectivity index (χ0n) is 13.5. The number of thiophene rings is 1. The maximum absolute atomic E-state index is 11.8. The van der Waals surface area contributed by atoms with Crippen molar-refractivity contribution in [2.75, 3.05) is 26.2 Å². The first-order valence-electron chi connectivity index (χ1n) is 8.08. The number of carbonyl (C=O) groups excluding carboxylic acids is 2. The van der Waals surface area contributed by atoms with Crippen molar-refractivity contribution in [1.29, 1.82) is 0 Å². The molecule has 2 heterocycles. The predicted octanol–water partition coefficient (Wildman–Crippen LogP) is 1.65. The van der Waals surface area contributed by atoms with Crippen molar-refractivity contribution in [2.24, 2.45) is 0 Å². The average Bonchev–Trinajstić information content (AvgIpc) is 3.14. The van der Waals surface area contributed by atoms with Crippen LogP contribution < -0.4 is 10.6 Å². The van der Waals surface area contributed by atoms with Gasteiger partial charge in [-0.2, -0.15) is 11.3 Å². The summed E-state index contributed by atoms with van der Waals surface area (Å²) >= 11 is 1.46. The fourth-order valence-corrected chi connectivity index (χ4v) is 3.45. The number of carbonyl (C=O) groups is 2. The largest absolute Gasteiger partial charge is 0.353 e. The minimum absolute atomic E-state index is 0.0114. The summed E-state index contributed by atoms with van der Waals surface area (Å²) < 4.78 is 0. The van der Waals surface area contributed by atoms with E-state index in [9.17, 15) is 9.59 Å². The Hall–Kier alpha value is -2.18. The van der Waals surface area contributed by atoms with Crippen LogP contribution in [0.25, 0.3) is 0 Å². The number of nitrogens with one attached hydrogen (secondary N) is 2. The highest BCUT2D eigenvalue weighted by atomic mass is 32.1. The molecule has 0 atom stereocenters. The molecule has 0 aliphatic carbocycles. The molecule has 0 saturated heterocycles. The highest BCUT2D eigenvalue weighted by Gasteiger charge is 2.15. The summed E-state index contributed by atoms with van der Waals surface area (Å²) in [5.41, 5.74) is 3.40. The minimum atomic E-state index is -0.209. The average molecular weight is 343 g/mol. The van der Waals surface area contributed by atoms with Gasteiger partial charge in [-0.05, 0) is 29.0 Å². The highest BCUT2D eigenvalue weighted by molar-refractivity contribution is 7.08. The molecule has 0 radical (unpaired) electrons. The first kappa shape index (κ1) is 16.7. The number of hydrogen-bond acceptors (Lipinski definition) is 4. The van der Waals surface area contributed by atoms with Crippen molar-refractivity contribution in [1.82, 2.24) is 15.5 Å². The van der Waals surface area contributed by atoms with E-state index in [0.29, 0.717) is 12.1 Å². The van der Waals surface area contributed by atoms with E-state index in [1.54, 1.807) is 11.4 Å². The number of hydrogen-bond donors (Lipinski definition) is 2. The molecule has 2 aromatic rings. The molecule has 0 spiro atoms. The second-order valence-corrected chi connectivity index (χ2v) is 6.62. The Morgan fingerprint density at radius 2 is 1.96 bits per heavy atom. The lowest BCUT2D eigenvalue weighted by Crippen LogP contribution is -2.41. The molecule has 0 bridgehead atoms. The lowest BCUT2D eigenvalue weighted by molar-refractivity contribution is -0.120. The Bertz CT molecular complexity index is 700. The third kappa shape index (κ3) is 4.43. The summed E-state index contributed by atoms with van der Waals surface area (Å²) in [6.45, 7) is 3.37. The van der Waals surface area contributed by atoms with Crippen LogP contribution >= 0.6 is 11.3 Å². The lowest BCUT2D eigenvalue weighted by atomic mass is 10.00. The summed E-state index contributed by atoms with van der Waals surface area (Å²) in [6.07, 6.45) is 1.06. The molecule has 1 aliphatic heterocycles. The predicted molar refractivity (Wildman–Crippen MR) is 95.1 cm³/mol. The zero-order chi connectivity index (χ0) is 16.8. The zero-order valence-corrected chi connectivity index (χ0v) is 14.3. The summed E-state index contributed by atoms with van der Waals surface area (Å²) in [6, 6.07) is 10.2. The van der Waals surface area contributed by atoms with Crippen LogP contribution in [0, 0.1) is 0 Å². The molecule has 0 unspecified atom stereocenters. The van der Waals surface area contributed by atoms with Crippen LogP contribution in [0.1, 0.15) is 21.5 Å². The first-order valence-corrected chi connectivity index (χ1v) is 9.03. The van der Waals surface area contributed by atoms with Gasteiger partial charge in [0.2, 0.25) is 5.91 Å². The topological polar surface area (TPSA) is 61.4 Å². The standard InChI is InChI=1S/C18H21N3O2S/c22-17(11-20-18(23)16-6-10-24-13-16)19-7-9-21-8-5-14-3-1-2-4-15(14)12-21/h1-4,6,10,13H,5,7-9,11-12H2,(H,19,22)(H,20,23). The molecule has 126 valence electrons. The summed E-state index contributed by atoms with van der Waals surface area (Å²) in [4.78, 5) is 25.9.